The Morgan fingerprint density at radius 3 is 2.54 bits per heavy atom. The van der Waals surface area contributed by atoms with Crippen LogP contribution in [0.2, 0.25) is 0 Å². The Morgan fingerprint density at radius 2 is 1.91 bits per heavy atom. The third-order valence-corrected chi connectivity index (χ3v) is 5.79. The van der Waals surface area contributed by atoms with Crippen molar-refractivity contribution in [1.82, 2.24) is 34.7 Å². The van der Waals surface area contributed by atoms with Gasteiger partial charge in [0.25, 0.3) is 5.91 Å². The Kier molecular flexibility index (Phi) is 6.46. The number of nitrogen functional groups attached to an aromatic ring is 1. The fourth-order valence-corrected chi connectivity index (χ4v) is 3.73. The molecule has 3 N–H and O–H groups in total. The maximum absolute atomic E-state index is 12.9. The molecule has 0 aliphatic rings. The van der Waals surface area contributed by atoms with Gasteiger partial charge in [0.1, 0.15) is 5.69 Å². The molecule has 184 valence electrons. The van der Waals surface area contributed by atoms with E-state index < -0.39 is 11.9 Å². The average molecular weight is 487 g/mol. The molecule has 0 saturated carbocycles. The molecule has 0 aliphatic carbocycles. The number of carbonyl (C=O) groups is 1. The predicted octanol–water partition coefficient (Wildman–Crippen LogP) is 4.12. The third-order valence-electron chi connectivity index (χ3n) is 5.79. The summed E-state index contributed by atoms with van der Waals surface area (Å²) in [6.45, 7) is 5.78. The lowest BCUT2D eigenvalue weighted by Crippen LogP contribution is -2.32. The number of halogens is 3. The van der Waals surface area contributed by atoms with E-state index in [1.807, 2.05) is 20.8 Å². The number of nitrogens with one attached hydrogen (secondary N) is 1. The molecule has 4 aromatic rings. The molecule has 35 heavy (non-hydrogen) atoms. The van der Waals surface area contributed by atoms with Gasteiger partial charge in [-0.05, 0) is 37.5 Å². The molecule has 0 aliphatic heterocycles. The lowest BCUT2D eigenvalue weighted by atomic mass is 10.1. The van der Waals surface area contributed by atoms with E-state index in [9.17, 15) is 18.0 Å². The van der Waals surface area contributed by atoms with Crippen molar-refractivity contribution >= 4 is 17.5 Å². The second-order valence-corrected chi connectivity index (χ2v) is 8.27. The molecule has 0 unspecified atom stereocenters. The Hall–Kier alpha value is -3.96. The van der Waals surface area contributed by atoms with Crippen LogP contribution in [0.1, 0.15) is 61.3 Å². The zero-order valence-corrected chi connectivity index (χ0v) is 19.4. The van der Waals surface area contributed by atoms with Crippen LogP contribution >= 0.6 is 0 Å². The number of carbonyl (C=O) groups excluding carboxylic acids is 1. The summed E-state index contributed by atoms with van der Waals surface area (Å²) in [4.78, 5) is 20.7. The van der Waals surface area contributed by atoms with Crippen LogP contribution in [0.3, 0.4) is 0 Å². The van der Waals surface area contributed by atoms with Crippen LogP contribution in [-0.4, -0.2) is 41.3 Å². The van der Waals surface area contributed by atoms with Crippen molar-refractivity contribution in [2.45, 2.75) is 51.9 Å². The molecule has 0 bridgehead atoms. The number of anilines is 1. The predicted molar refractivity (Wildman–Crippen MR) is 124 cm³/mol. The monoisotopic (exact) mass is 486 g/mol. The highest BCUT2D eigenvalue weighted by molar-refractivity contribution is 6.01. The minimum Gasteiger partial charge on any atom is -0.366 e. The smallest absolute Gasteiger partial charge is 0.366 e. The molecule has 0 fully saturated rings. The number of pyridine rings is 2. The van der Waals surface area contributed by atoms with Gasteiger partial charge in [0.05, 0.1) is 17.8 Å². The van der Waals surface area contributed by atoms with E-state index in [0.29, 0.717) is 34.3 Å². The summed E-state index contributed by atoms with van der Waals surface area (Å²) < 4.78 is 41.8. The summed E-state index contributed by atoms with van der Waals surface area (Å²) in [5.74, 6) is -0.260. The Bertz CT molecular complexity index is 1340. The summed E-state index contributed by atoms with van der Waals surface area (Å²) in [7, 11) is 0. The number of hydrogen-bond acceptors (Lipinski definition) is 6. The SMILES string of the molecule is CC[C@H](c1ccc(C(F)(F)F)nc1)n1cc(-c2cc(C(=O)N[C@@H](C)CC)c3nc(N)nn3c2)cn1. The largest absolute Gasteiger partial charge is 0.433 e. The first-order valence-corrected chi connectivity index (χ1v) is 11.1. The van der Waals surface area contributed by atoms with Crippen LogP contribution in [0.4, 0.5) is 19.1 Å². The van der Waals surface area contributed by atoms with Crippen LogP contribution < -0.4 is 11.1 Å². The number of nitrogens with two attached hydrogens (primary N) is 1. The molecule has 9 nitrogen and oxygen atoms in total. The van der Waals surface area contributed by atoms with Gasteiger partial charge in [-0.15, -0.1) is 5.10 Å². The first-order chi connectivity index (χ1) is 16.6. The Labute approximate surface area is 199 Å². The first-order valence-electron chi connectivity index (χ1n) is 11.1. The summed E-state index contributed by atoms with van der Waals surface area (Å²) >= 11 is 0. The lowest BCUT2D eigenvalue weighted by Gasteiger charge is -2.16. The molecular formula is C23H25F3N8O. The second kappa shape index (κ2) is 9.35. The van der Waals surface area contributed by atoms with Crippen LogP contribution in [0, 0.1) is 0 Å². The van der Waals surface area contributed by atoms with Crippen molar-refractivity contribution in [2.24, 2.45) is 0 Å². The van der Waals surface area contributed by atoms with Gasteiger partial charge in [-0.1, -0.05) is 19.9 Å². The lowest BCUT2D eigenvalue weighted by molar-refractivity contribution is -0.141. The zero-order valence-electron chi connectivity index (χ0n) is 19.4. The van der Waals surface area contributed by atoms with E-state index in [2.05, 4.69) is 25.5 Å². The van der Waals surface area contributed by atoms with Gasteiger partial charge >= 0.3 is 6.18 Å². The van der Waals surface area contributed by atoms with Crippen molar-refractivity contribution in [1.29, 1.82) is 0 Å². The summed E-state index contributed by atoms with van der Waals surface area (Å²) in [6.07, 6.45) is 3.15. The van der Waals surface area contributed by atoms with Gasteiger partial charge in [0.2, 0.25) is 5.95 Å². The van der Waals surface area contributed by atoms with E-state index in [1.165, 1.54) is 16.8 Å². The van der Waals surface area contributed by atoms with Gasteiger partial charge in [-0.3, -0.25) is 14.5 Å². The highest BCUT2D eigenvalue weighted by atomic mass is 19.4. The fourth-order valence-electron chi connectivity index (χ4n) is 3.73. The maximum Gasteiger partial charge on any atom is 0.433 e. The molecule has 1 amide bonds. The van der Waals surface area contributed by atoms with Gasteiger partial charge in [-0.2, -0.15) is 23.3 Å². The maximum atomic E-state index is 12.9. The summed E-state index contributed by atoms with van der Waals surface area (Å²) in [5.41, 5.74) is 7.43. The summed E-state index contributed by atoms with van der Waals surface area (Å²) in [6, 6.07) is 3.72. The number of nitrogens with zero attached hydrogens (tertiary/aromatic N) is 6. The van der Waals surface area contributed by atoms with E-state index >= 15 is 0 Å². The van der Waals surface area contributed by atoms with Gasteiger partial charge in [0, 0.05) is 35.8 Å². The highest BCUT2D eigenvalue weighted by Crippen LogP contribution is 2.30. The van der Waals surface area contributed by atoms with Gasteiger partial charge < -0.3 is 11.1 Å². The molecule has 0 saturated heterocycles. The van der Waals surface area contributed by atoms with Crippen molar-refractivity contribution in [2.75, 3.05) is 5.73 Å². The van der Waals surface area contributed by atoms with Gasteiger partial charge in [-0.25, -0.2) is 4.52 Å². The summed E-state index contributed by atoms with van der Waals surface area (Å²) in [5, 5.41) is 11.5. The van der Waals surface area contributed by atoms with Crippen molar-refractivity contribution < 1.29 is 18.0 Å². The number of alkyl halides is 3. The second-order valence-electron chi connectivity index (χ2n) is 8.27. The normalized spacial score (nSPS) is 13.7. The molecule has 4 rings (SSSR count). The molecule has 0 spiro atoms. The topological polar surface area (TPSA) is 116 Å². The van der Waals surface area contributed by atoms with Crippen LogP contribution in [0.25, 0.3) is 16.8 Å². The molecular weight excluding hydrogens is 461 g/mol. The number of amides is 1. The van der Waals surface area contributed by atoms with Crippen LogP contribution in [0.15, 0.2) is 43.0 Å². The van der Waals surface area contributed by atoms with Gasteiger partial charge in [0.15, 0.2) is 5.65 Å². The Balaban J connectivity index is 1.69. The number of hydrogen-bond donors (Lipinski definition) is 2. The van der Waals surface area contributed by atoms with E-state index in [-0.39, 0.29) is 23.9 Å². The molecule has 4 aromatic heterocycles. The third kappa shape index (κ3) is 4.96. The molecule has 0 aromatic carbocycles. The van der Waals surface area contributed by atoms with Crippen LogP contribution in [0.5, 0.6) is 0 Å². The van der Waals surface area contributed by atoms with E-state index in [1.54, 1.807) is 29.3 Å². The number of rotatable bonds is 7. The van der Waals surface area contributed by atoms with E-state index in [0.717, 1.165) is 12.5 Å². The zero-order chi connectivity index (χ0) is 25.3. The molecule has 12 heteroatoms. The van der Waals surface area contributed by atoms with Crippen molar-refractivity contribution in [3.8, 4) is 11.1 Å². The molecule has 4 heterocycles. The standard InChI is InChI=1S/C23H25F3N8O/c1-4-13(3)30-21(35)17-8-15(11-34-20(17)31-22(27)32-34)16-10-29-33(12-16)18(5-2)14-6-7-19(28-9-14)23(24,25)26/h6-13,18H,4-5H2,1-3H3,(H2,27,32)(H,30,35)/t13-,18+/m0/s1. The quantitative estimate of drug-likeness (QED) is 0.406. The first kappa shape index (κ1) is 24.2. The van der Waals surface area contributed by atoms with Crippen molar-refractivity contribution in [3.05, 3.63) is 59.8 Å². The highest BCUT2D eigenvalue weighted by Gasteiger charge is 2.32. The molecule has 2 atom stereocenters. The minimum absolute atomic E-state index is 0.0307. The van der Waals surface area contributed by atoms with E-state index in [4.69, 9.17) is 5.73 Å². The molecule has 0 radical (unpaired) electrons. The number of fused-ring (bicyclic) bond motifs is 1. The minimum atomic E-state index is -4.50. The Morgan fingerprint density at radius 1 is 1.14 bits per heavy atom. The average Bonchev–Trinajstić information content (AvgIpc) is 3.44. The van der Waals surface area contributed by atoms with Crippen molar-refractivity contribution in [3.63, 3.8) is 0 Å². The number of aromatic nitrogens is 6. The van der Waals surface area contributed by atoms with Crippen LogP contribution in [-0.2, 0) is 6.18 Å². The fraction of sp³-hybridized carbons (Fsp3) is 0.348.